The SMILES string of the molecule is CCN(CC(C)C(=O)O)C(=O)NCc1cnc(C)s1. The molecule has 2 amide bonds. The van der Waals surface area contributed by atoms with Crippen molar-refractivity contribution in [2.24, 2.45) is 5.92 Å². The second-order valence-corrected chi connectivity index (χ2v) is 5.60. The highest BCUT2D eigenvalue weighted by Crippen LogP contribution is 2.11. The number of aryl methyl sites for hydroxylation is 1. The van der Waals surface area contributed by atoms with Gasteiger partial charge in [-0.3, -0.25) is 4.79 Å². The Kier molecular flexibility index (Phi) is 5.75. The number of hydrogen-bond donors (Lipinski definition) is 2. The van der Waals surface area contributed by atoms with Crippen molar-refractivity contribution < 1.29 is 14.7 Å². The van der Waals surface area contributed by atoms with E-state index in [1.54, 1.807) is 13.1 Å². The minimum Gasteiger partial charge on any atom is -0.481 e. The van der Waals surface area contributed by atoms with Crippen LogP contribution in [0.5, 0.6) is 0 Å². The number of aromatic nitrogens is 1. The highest BCUT2D eigenvalue weighted by molar-refractivity contribution is 7.11. The van der Waals surface area contributed by atoms with Crippen LogP contribution in [-0.4, -0.2) is 40.1 Å². The van der Waals surface area contributed by atoms with E-state index in [4.69, 9.17) is 5.11 Å². The summed E-state index contributed by atoms with van der Waals surface area (Å²) in [6.07, 6.45) is 1.73. The Morgan fingerprint density at radius 2 is 2.26 bits per heavy atom. The monoisotopic (exact) mass is 285 g/mol. The molecule has 7 heteroatoms. The van der Waals surface area contributed by atoms with Gasteiger partial charge in [0.05, 0.1) is 17.5 Å². The molecule has 1 rings (SSSR count). The van der Waals surface area contributed by atoms with Gasteiger partial charge in [-0.25, -0.2) is 9.78 Å². The van der Waals surface area contributed by atoms with Crippen molar-refractivity contribution in [3.63, 3.8) is 0 Å². The number of aliphatic carboxylic acids is 1. The first-order chi connectivity index (χ1) is 8.93. The Labute approximate surface area is 116 Å². The average molecular weight is 285 g/mol. The van der Waals surface area contributed by atoms with E-state index in [9.17, 15) is 9.59 Å². The molecule has 6 nitrogen and oxygen atoms in total. The molecule has 0 spiro atoms. The molecule has 0 bridgehead atoms. The molecule has 0 aliphatic carbocycles. The zero-order valence-corrected chi connectivity index (χ0v) is 12.2. The Bertz CT molecular complexity index is 447. The zero-order chi connectivity index (χ0) is 14.4. The first-order valence-corrected chi connectivity index (χ1v) is 6.92. The Morgan fingerprint density at radius 1 is 1.58 bits per heavy atom. The number of carbonyl (C=O) groups excluding carboxylic acids is 1. The molecule has 1 aromatic heterocycles. The fourth-order valence-electron chi connectivity index (χ4n) is 1.53. The van der Waals surface area contributed by atoms with Crippen molar-refractivity contribution in [1.82, 2.24) is 15.2 Å². The number of carboxylic acid groups (broad SMARTS) is 1. The average Bonchev–Trinajstić information content (AvgIpc) is 2.78. The number of hydrogen-bond acceptors (Lipinski definition) is 4. The van der Waals surface area contributed by atoms with Crippen molar-refractivity contribution in [1.29, 1.82) is 0 Å². The van der Waals surface area contributed by atoms with Crippen LogP contribution in [0.4, 0.5) is 4.79 Å². The second kappa shape index (κ2) is 7.08. The Hall–Kier alpha value is -1.63. The fourth-order valence-corrected chi connectivity index (χ4v) is 2.26. The third-order valence-corrected chi connectivity index (χ3v) is 3.58. The van der Waals surface area contributed by atoms with Gasteiger partial charge in [0.15, 0.2) is 0 Å². The molecule has 1 aromatic rings. The maximum absolute atomic E-state index is 11.9. The van der Waals surface area contributed by atoms with Crippen LogP contribution < -0.4 is 5.32 Å². The van der Waals surface area contributed by atoms with Crippen molar-refractivity contribution >= 4 is 23.3 Å². The van der Waals surface area contributed by atoms with Gasteiger partial charge in [-0.2, -0.15) is 0 Å². The molecule has 0 aromatic carbocycles. The number of amides is 2. The van der Waals surface area contributed by atoms with Gasteiger partial charge in [0, 0.05) is 24.2 Å². The quantitative estimate of drug-likeness (QED) is 0.833. The fraction of sp³-hybridized carbons (Fsp3) is 0.583. The van der Waals surface area contributed by atoms with E-state index in [1.165, 1.54) is 16.2 Å². The molecule has 0 radical (unpaired) electrons. The number of carboxylic acids is 1. The van der Waals surface area contributed by atoms with Crippen LogP contribution in [0.1, 0.15) is 23.7 Å². The first kappa shape index (κ1) is 15.4. The molecule has 2 N–H and O–H groups in total. The number of nitrogens with zero attached hydrogens (tertiary/aromatic N) is 2. The van der Waals surface area contributed by atoms with Crippen LogP contribution in [0.2, 0.25) is 0 Å². The summed E-state index contributed by atoms with van der Waals surface area (Å²) < 4.78 is 0. The van der Waals surface area contributed by atoms with Crippen LogP contribution >= 0.6 is 11.3 Å². The largest absolute Gasteiger partial charge is 0.481 e. The lowest BCUT2D eigenvalue weighted by molar-refractivity contribution is -0.141. The van der Waals surface area contributed by atoms with Crippen molar-refractivity contribution in [3.8, 4) is 0 Å². The summed E-state index contributed by atoms with van der Waals surface area (Å²) in [5, 5.41) is 12.6. The third kappa shape index (κ3) is 4.86. The molecular formula is C12H19N3O3S. The number of thiazole rings is 1. The molecular weight excluding hydrogens is 266 g/mol. The van der Waals surface area contributed by atoms with Gasteiger partial charge in [-0.15, -0.1) is 11.3 Å². The summed E-state index contributed by atoms with van der Waals surface area (Å²) >= 11 is 1.53. The van der Waals surface area contributed by atoms with Crippen molar-refractivity contribution in [3.05, 3.63) is 16.1 Å². The molecule has 1 heterocycles. The lowest BCUT2D eigenvalue weighted by atomic mass is 10.2. The van der Waals surface area contributed by atoms with Crippen LogP contribution in [-0.2, 0) is 11.3 Å². The predicted octanol–water partition coefficient (Wildman–Crippen LogP) is 1.70. The van der Waals surface area contributed by atoms with E-state index >= 15 is 0 Å². The van der Waals surface area contributed by atoms with Gasteiger partial charge in [0.25, 0.3) is 0 Å². The van der Waals surface area contributed by atoms with E-state index in [1.807, 2.05) is 13.8 Å². The Morgan fingerprint density at radius 3 is 2.74 bits per heavy atom. The minimum atomic E-state index is -0.899. The van der Waals surface area contributed by atoms with Gasteiger partial charge in [-0.1, -0.05) is 6.92 Å². The highest BCUT2D eigenvalue weighted by atomic mass is 32.1. The van der Waals surface area contributed by atoms with E-state index in [0.717, 1.165) is 9.88 Å². The number of rotatable bonds is 6. The van der Waals surface area contributed by atoms with Gasteiger partial charge >= 0.3 is 12.0 Å². The van der Waals surface area contributed by atoms with E-state index in [2.05, 4.69) is 10.3 Å². The molecule has 1 atom stereocenters. The third-order valence-electron chi connectivity index (χ3n) is 2.67. The van der Waals surface area contributed by atoms with Crippen LogP contribution in [0, 0.1) is 12.8 Å². The van der Waals surface area contributed by atoms with Crippen molar-refractivity contribution in [2.45, 2.75) is 27.3 Å². The Balaban J connectivity index is 2.47. The molecule has 0 fully saturated rings. The van der Waals surface area contributed by atoms with Gasteiger partial charge in [0.1, 0.15) is 0 Å². The van der Waals surface area contributed by atoms with Gasteiger partial charge in [-0.05, 0) is 13.8 Å². The maximum Gasteiger partial charge on any atom is 0.317 e. The summed E-state index contributed by atoms with van der Waals surface area (Å²) in [6, 6.07) is -0.248. The van der Waals surface area contributed by atoms with Gasteiger partial charge in [0.2, 0.25) is 0 Å². The summed E-state index contributed by atoms with van der Waals surface area (Å²) in [5.74, 6) is -1.47. The summed E-state index contributed by atoms with van der Waals surface area (Å²) in [6.45, 7) is 6.42. The molecule has 0 saturated heterocycles. The lowest BCUT2D eigenvalue weighted by Gasteiger charge is -2.23. The maximum atomic E-state index is 11.9. The standard InChI is InChI=1S/C12H19N3O3S/c1-4-15(7-8(2)11(16)17)12(18)14-6-10-5-13-9(3)19-10/h5,8H,4,6-7H2,1-3H3,(H,14,18)(H,16,17). The van der Waals surface area contributed by atoms with E-state index in [-0.39, 0.29) is 12.6 Å². The minimum absolute atomic E-state index is 0.208. The van der Waals surface area contributed by atoms with E-state index in [0.29, 0.717) is 13.1 Å². The van der Waals surface area contributed by atoms with Crippen LogP contribution in [0.15, 0.2) is 6.20 Å². The first-order valence-electron chi connectivity index (χ1n) is 6.11. The number of carbonyl (C=O) groups is 2. The summed E-state index contributed by atoms with van der Waals surface area (Å²) in [5.41, 5.74) is 0. The zero-order valence-electron chi connectivity index (χ0n) is 11.3. The topological polar surface area (TPSA) is 82.5 Å². The number of nitrogens with one attached hydrogen (secondary N) is 1. The summed E-state index contributed by atoms with van der Waals surface area (Å²) in [4.78, 5) is 29.3. The predicted molar refractivity (Wildman–Crippen MR) is 73.1 cm³/mol. The highest BCUT2D eigenvalue weighted by Gasteiger charge is 2.19. The molecule has 0 aliphatic heterocycles. The van der Waals surface area contributed by atoms with Crippen LogP contribution in [0.3, 0.4) is 0 Å². The van der Waals surface area contributed by atoms with Gasteiger partial charge < -0.3 is 15.3 Å². The molecule has 0 saturated carbocycles. The normalized spacial score (nSPS) is 11.9. The summed E-state index contributed by atoms with van der Waals surface area (Å²) in [7, 11) is 0. The molecule has 0 aliphatic rings. The molecule has 1 unspecified atom stereocenters. The van der Waals surface area contributed by atoms with Crippen molar-refractivity contribution in [2.75, 3.05) is 13.1 Å². The number of urea groups is 1. The van der Waals surface area contributed by atoms with Crippen LogP contribution in [0.25, 0.3) is 0 Å². The smallest absolute Gasteiger partial charge is 0.317 e. The second-order valence-electron chi connectivity index (χ2n) is 4.28. The lowest BCUT2D eigenvalue weighted by Crippen LogP contribution is -2.42. The molecule has 106 valence electrons. The van der Waals surface area contributed by atoms with E-state index < -0.39 is 11.9 Å². The molecule has 19 heavy (non-hydrogen) atoms.